The summed E-state index contributed by atoms with van der Waals surface area (Å²) >= 11 is 0. The molecule has 2 fully saturated rings. The normalized spacial score (nSPS) is 23.7. The molecule has 110 valence electrons. The Morgan fingerprint density at radius 1 is 1.11 bits per heavy atom. The largest absolute Gasteiger partial charge is 0.370 e. The Labute approximate surface area is 118 Å². The highest BCUT2D eigenvalue weighted by Gasteiger charge is 2.28. The molecule has 0 saturated heterocycles. The lowest BCUT2D eigenvalue weighted by Crippen LogP contribution is -2.41. The number of rotatable bonds is 5. The lowest BCUT2D eigenvalue weighted by molar-refractivity contribution is 0.175. The van der Waals surface area contributed by atoms with Crippen LogP contribution in [0.2, 0.25) is 0 Å². The molecule has 4 heteroatoms. The van der Waals surface area contributed by atoms with E-state index in [0.29, 0.717) is 12.1 Å². The number of guanidine groups is 1. The molecule has 1 unspecified atom stereocenters. The zero-order chi connectivity index (χ0) is 13.8. The number of aliphatic imine (C=N–C) groups is 1. The van der Waals surface area contributed by atoms with Crippen molar-refractivity contribution in [3.8, 4) is 0 Å². The van der Waals surface area contributed by atoms with Crippen molar-refractivity contribution in [1.29, 1.82) is 0 Å². The highest BCUT2D eigenvalue weighted by molar-refractivity contribution is 5.78. The van der Waals surface area contributed by atoms with Gasteiger partial charge >= 0.3 is 0 Å². The third kappa shape index (κ3) is 4.10. The van der Waals surface area contributed by atoms with Crippen molar-refractivity contribution in [1.82, 2.24) is 9.80 Å². The minimum atomic E-state index is 0.548. The van der Waals surface area contributed by atoms with Crippen molar-refractivity contribution < 1.29 is 0 Å². The molecule has 0 radical (unpaired) electrons. The molecule has 0 amide bonds. The lowest BCUT2D eigenvalue weighted by atomic mass is 9.83. The molecule has 2 rings (SSSR count). The van der Waals surface area contributed by atoms with E-state index in [1.54, 1.807) is 0 Å². The molecule has 0 aromatic carbocycles. The van der Waals surface area contributed by atoms with Gasteiger partial charge in [-0.1, -0.05) is 19.3 Å². The van der Waals surface area contributed by atoms with Crippen molar-refractivity contribution in [2.45, 2.75) is 57.0 Å². The first-order valence-electron chi connectivity index (χ1n) is 7.78. The molecule has 0 spiro atoms. The Balaban J connectivity index is 1.90. The van der Waals surface area contributed by atoms with Crippen molar-refractivity contribution in [2.75, 3.05) is 27.7 Å². The van der Waals surface area contributed by atoms with E-state index in [0.717, 1.165) is 18.4 Å². The second kappa shape index (κ2) is 6.60. The van der Waals surface area contributed by atoms with Gasteiger partial charge in [-0.05, 0) is 45.7 Å². The van der Waals surface area contributed by atoms with E-state index in [1.165, 1.54) is 44.9 Å². The Hall–Kier alpha value is -0.770. The van der Waals surface area contributed by atoms with Gasteiger partial charge in [0, 0.05) is 19.1 Å². The highest BCUT2D eigenvalue weighted by Crippen LogP contribution is 2.29. The molecule has 0 aliphatic heterocycles. The van der Waals surface area contributed by atoms with E-state index in [9.17, 15) is 0 Å². The van der Waals surface area contributed by atoms with Crippen LogP contribution in [-0.2, 0) is 0 Å². The first-order valence-corrected chi connectivity index (χ1v) is 7.78. The van der Waals surface area contributed by atoms with Gasteiger partial charge in [0.15, 0.2) is 5.96 Å². The molecule has 2 N–H and O–H groups in total. The summed E-state index contributed by atoms with van der Waals surface area (Å²) in [4.78, 5) is 9.14. The zero-order valence-electron chi connectivity index (χ0n) is 12.8. The van der Waals surface area contributed by atoms with Crippen molar-refractivity contribution in [3.63, 3.8) is 0 Å². The molecule has 0 bridgehead atoms. The topological polar surface area (TPSA) is 44.9 Å². The molecule has 0 aromatic heterocycles. The minimum absolute atomic E-state index is 0.548. The molecule has 0 aromatic rings. The van der Waals surface area contributed by atoms with Gasteiger partial charge in [-0.3, -0.25) is 4.99 Å². The quantitative estimate of drug-likeness (QED) is 0.611. The number of hydrogen-bond donors (Lipinski definition) is 1. The van der Waals surface area contributed by atoms with E-state index in [-0.39, 0.29) is 0 Å². The third-order valence-corrected chi connectivity index (χ3v) is 4.75. The summed E-state index contributed by atoms with van der Waals surface area (Å²) in [6.07, 6.45) is 9.44. The SMILES string of the molecule is CN(C)C(CN=C(N)N(C)C1CC1)C1CCCCC1. The minimum Gasteiger partial charge on any atom is -0.370 e. The standard InChI is InChI=1S/C15H30N4/c1-18(2)14(12-7-5-4-6-8-12)11-17-15(16)19(3)13-9-10-13/h12-14H,4-11H2,1-3H3,(H2,16,17). The van der Waals surface area contributed by atoms with Crippen LogP contribution < -0.4 is 5.73 Å². The fourth-order valence-electron chi connectivity index (χ4n) is 3.20. The monoisotopic (exact) mass is 266 g/mol. The summed E-state index contributed by atoms with van der Waals surface area (Å²) in [5, 5.41) is 0. The van der Waals surface area contributed by atoms with Gasteiger partial charge in [0.2, 0.25) is 0 Å². The second-order valence-electron chi connectivity index (χ2n) is 6.47. The first-order chi connectivity index (χ1) is 9.09. The summed E-state index contributed by atoms with van der Waals surface area (Å²) in [5.74, 6) is 1.52. The van der Waals surface area contributed by atoms with Crippen LogP contribution in [0.15, 0.2) is 4.99 Å². The predicted molar refractivity (Wildman–Crippen MR) is 81.3 cm³/mol. The van der Waals surface area contributed by atoms with Crippen molar-refractivity contribution in [3.05, 3.63) is 0 Å². The average Bonchev–Trinajstić information content (AvgIpc) is 3.23. The fraction of sp³-hybridized carbons (Fsp3) is 0.933. The van der Waals surface area contributed by atoms with Crippen LogP contribution >= 0.6 is 0 Å². The maximum Gasteiger partial charge on any atom is 0.191 e. The van der Waals surface area contributed by atoms with Gasteiger partial charge in [-0.15, -0.1) is 0 Å². The van der Waals surface area contributed by atoms with Gasteiger partial charge in [-0.25, -0.2) is 0 Å². The molecule has 2 saturated carbocycles. The first kappa shape index (κ1) is 14.6. The van der Waals surface area contributed by atoms with E-state index in [1.807, 2.05) is 0 Å². The third-order valence-electron chi connectivity index (χ3n) is 4.75. The van der Waals surface area contributed by atoms with Gasteiger partial charge < -0.3 is 15.5 Å². The molecule has 4 nitrogen and oxygen atoms in total. The van der Waals surface area contributed by atoms with Gasteiger partial charge in [0.25, 0.3) is 0 Å². The van der Waals surface area contributed by atoms with E-state index in [4.69, 9.17) is 5.73 Å². The molecule has 2 aliphatic carbocycles. The van der Waals surface area contributed by atoms with E-state index >= 15 is 0 Å². The zero-order valence-corrected chi connectivity index (χ0v) is 12.8. The Morgan fingerprint density at radius 2 is 1.74 bits per heavy atom. The molecule has 1 atom stereocenters. The van der Waals surface area contributed by atoms with Crippen LogP contribution in [0.3, 0.4) is 0 Å². The molecule has 2 aliphatic rings. The summed E-state index contributed by atoms with van der Waals surface area (Å²) < 4.78 is 0. The number of nitrogens with two attached hydrogens (primary N) is 1. The average molecular weight is 266 g/mol. The van der Waals surface area contributed by atoms with Gasteiger partial charge in [-0.2, -0.15) is 0 Å². The van der Waals surface area contributed by atoms with Crippen molar-refractivity contribution >= 4 is 5.96 Å². The van der Waals surface area contributed by atoms with Crippen LogP contribution in [0.1, 0.15) is 44.9 Å². The summed E-state index contributed by atoms with van der Waals surface area (Å²) in [7, 11) is 6.42. The van der Waals surface area contributed by atoms with E-state index < -0.39 is 0 Å². The molecule has 19 heavy (non-hydrogen) atoms. The fourth-order valence-corrected chi connectivity index (χ4v) is 3.20. The van der Waals surface area contributed by atoms with Gasteiger partial charge in [0.05, 0.1) is 6.54 Å². The summed E-state index contributed by atoms with van der Waals surface area (Å²) in [5.41, 5.74) is 6.09. The van der Waals surface area contributed by atoms with Crippen LogP contribution in [0.4, 0.5) is 0 Å². The second-order valence-corrected chi connectivity index (χ2v) is 6.47. The maximum absolute atomic E-state index is 6.09. The number of likely N-dealkylation sites (N-methyl/N-ethyl adjacent to an activating group) is 1. The van der Waals surface area contributed by atoms with Crippen LogP contribution in [0.5, 0.6) is 0 Å². The summed E-state index contributed by atoms with van der Waals surface area (Å²) in [6.45, 7) is 0.848. The Morgan fingerprint density at radius 3 is 2.26 bits per heavy atom. The summed E-state index contributed by atoms with van der Waals surface area (Å²) in [6, 6.07) is 1.20. The van der Waals surface area contributed by atoms with E-state index in [2.05, 4.69) is 35.9 Å². The lowest BCUT2D eigenvalue weighted by Gasteiger charge is -2.34. The Kier molecular flexibility index (Phi) is 5.08. The van der Waals surface area contributed by atoms with Crippen LogP contribution in [0.25, 0.3) is 0 Å². The highest BCUT2D eigenvalue weighted by atomic mass is 15.3. The van der Waals surface area contributed by atoms with Gasteiger partial charge in [0.1, 0.15) is 0 Å². The predicted octanol–water partition coefficient (Wildman–Crippen LogP) is 1.91. The molecular weight excluding hydrogens is 236 g/mol. The maximum atomic E-state index is 6.09. The number of hydrogen-bond acceptors (Lipinski definition) is 2. The number of nitrogens with zero attached hydrogens (tertiary/aromatic N) is 3. The smallest absolute Gasteiger partial charge is 0.191 e. The van der Waals surface area contributed by atoms with Crippen LogP contribution in [0, 0.1) is 5.92 Å². The molecular formula is C15H30N4. The van der Waals surface area contributed by atoms with Crippen LogP contribution in [-0.4, -0.2) is 55.5 Å². The van der Waals surface area contributed by atoms with Crippen molar-refractivity contribution in [2.24, 2.45) is 16.6 Å². The molecule has 0 heterocycles. The Bertz CT molecular complexity index is 303.